The zero-order valence-corrected chi connectivity index (χ0v) is 12.9. The maximum Gasteiger partial charge on any atom is 0.243 e. The smallest absolute Gasteiger partial charge is 0.243 e. The third kappa shape index (κ3) is 2.50. The number of halogens is 4. The molecule has 0 bridgehead atoms. The van der Waals surface area contributed by atoms with Crippen LogP contribution in [0, 0.1) is 10.9 Å². The normalized spacial score (nSPS) is 11.2. The summed E-state index contributed by atoms with van der Waals surface area (Å²) in [5.41, 5.74) is 0.179. The molecular weight excluding hydrogens is 374 g/mol. The molecular formula is C11H6BrClF2N4S. The molecule has 104 valence electrons. The number of nitrogens with one attached hydrogen (secondary N) is 1. The predicted octanol–water partition coefficient (Wildman–Crippen LogP) is 4.10. The Hall–Kier alpha value is -1.25. The van der Waals surface area contributed by atoms with Gasteiger partial charge in [0.25, 0.3) is 0 Å². The molecule has 0 atom stereocenters. The SMILES string of the molecule is Fc1ccc(CNc2nc(Cl)nn3cc(Br)c(F)c23)s1. The fourth-order valence-corrected chi connectivity index (χ4v) is 2.95. The van der Waals surface area contributed by atoms with Gasteiger partial charge in [0.1, 0.15) is 5.52 Å². The monoisotopic (exact) mass is 378 g/mol. The number of nitrogens with zero attached hydrogens (tertiary/aromatic N) is 3. The molecule has 0 aromatic carbocycles. The number of hydrogen-bond acceptors (Lipinski definition) is 4. The minimum absolute atomic E-state index is 0.0140. The van der Waals surface area contributed by atoms with Crippen LogP contribution in [0.3, 0.4) is 0 Å². The van der Waals surface area contributed by atoms with Gasteiger partial charge in [-0.2, -0.15) is 9.37 Å². The Balaban J connectivity index is 1.97. The molecule has 3 heterocycles. The van der Waals surface area contributed by atoms with Crippen molar-refractivity contribution in [1.82, 2.24) is 14.6 Å². The molecule has 3 aromatic heterocycles. The average molecular weight is 380 g/mol. The topological polar surface area (TPSA) is 42.2 Å². The largest absolute Gasteiger partial charge is 0.363 e. The van der Waals surface area contributed by atoms with E-state index >= 15 is 0 Å². The zero-order valence-electron chi connectivity index (χ0n) is 9.70. The van der Waals surface area contributed by atoms with Crippen LogP contribution in [0.5, 0.6) is 0 Å². The summed E-state index contributed by atoms with van der Waals surface area (Å²) in [5, 5.41) is 6.53. The lowest BCUT2D eigenvalue weighted by Gasteiger charge is -2.06. The van der Waals surface area contributed by atoms with Crippen molar-refractivity contribution in [3.8, 4) is 0 Å². The van der Waals surface area contributed by atoms with E-state index in [0.717, 1.165) is 16.2 Å². The highest BCUT2D eigenvalue weighted by molar-refractivity contribution is 9.10. The molecule has 0 saturated heterocycles. The lowest BCUT2D eigenvalue weighted by atomic mass is 10.4. The van der Waals surface area contributed by atoms with E-state index in [-0.39, 0.29) is 26.2 Å². The highest BCUT2D eigenvalue weighted by Crippen LogP contribution is 2.27. The van der Waals surface area contributed by atoms with Gasteiger partial charge in [-0.15, -0.1) is 16.4 Å². The van der Waals surface area contributed by atoms with Crippen molar-refractivity contribution in [2.24, 2.45) is 0 Å². The van der Waals surface area contributed by atoms with Crippen LogP contribution in [0.1, 0.15) is 4.88 Å². The summed E-state index contributed by atoms with van der Waals surface area (Å²) in [5.74, 6) is -0.233. The van der Waals surface area contributed by atoms with E-state index in [2.05, 4.69) is 31.3 Å². The maximum atomic E-state index is 14.0. The molecule has 0 aliphatic rings. The van der Waals surface area contributed by atoms with Gasteiger partial charge in [0.15, 0.2) is 16.8 Å². The number of rotatable bonds is 3. The first-order valence-electron chi connectivity index (χ1n) is 5.42. The molecule has 4 nitrogen and oxygen atoms in total. The highest BCUT2D eigenvalue weighted by atomic mass is 79.9. The van der Waals surface area contributed by atoms with Gasteiger partial charge in [-0.1, -0.05) is 0 Å². The first-order chi connectivity index (χ1) is 9.54. The minimum atomic E-state index is -0.485. The van der Waals surface area contributed by atoms with Gasteiger partial charge < -0.3 is 5.32 Å². The molecule has 0 aliphatic heterocycles. The molecule has 0 radical (unpaired) electrons. The Labute approximate surface area is 129 Å². The Kier molecular flexibility index (Phi) is 3.61. The molecule has 3 rings (SSSR count). The van der Waals surface area contributed by atoms with E-state index in [0.29, 0.717) is 6.54 Å². The summed E-state index contributed by atoms with van der Waals surface area (Å²) in [7, 11) is 0. The number of aromatic nitrogens is 3. The van der Waals surface area contributed by atoms with Gasteiger partial charge in [-0.25, -0.2) is 8.91 Å². The maximum absolute atomic E-state index is 14.0. The standard InChI is InChI=1S/C11H6BrClF2N4S/c12-6-4-19-9(8(6)15)10(17-11(13)18-19)16-3-5-1-2-7(14)20-5/h1-2,4H,3H2,(H,16,17,18). The van der Waals surface area contributed by atoms with E-state index in [1.165, 1.54) is 16.8 Å². The van der Waals surface area contributed by atoms with Crippen LogP contribution in [0.25, 0.3) is 5.52 Å². The summed E-state index contributed by atoms with van der Waals surface area (Å²) in [6, 6.07) is 3.02. The second-order valence-electron chi connectivity index (χ2n) is 3.87. The fraction of sp³-hybridized carbons (Fsp3) is 0.0909. The van der Waals surface area contributed by atoms with Gasteiger partial charge in [0.2, 0.25) is 5.28 Å². The van der Waals surface area contributed by atoms with Crippen molar-refractivity contribution < 1.29 is 8.78 Å². The van der Waals surface area contributed by atoms with Crippen LogP contribution in [-0.2, 0) is 6.54 Å². The van der Waals surface area contributed by atoms with Crippen LogP contribution >= 0.6 is 38.9 Å². The Morgan fingerprint density at radius 2 is 2.20 bits per heavy atom. The molecule has 0 aliphatic carbocycles. The molecule has 0 spiro atoms. The van der Waals surface area contributed by atoms with Crippen LogP contribution in [0.4, 0.5) is 14.6 Å². The molecule has 20 heavy (non-hydrogen) atoms. The van der Waals surface area contributed by atoms with E-state index in [1.807, 2.05) is 0 Å². The molecule has 9 heteroatoms. The van der Waals surface area contributed by atoms with Gasteiger partial charge >= 0.3 is 0 Å². The van der Waals surface area contributed by atoms with Crippen molar-refractivity contribution >= 4 is 50.2 Å². The van der Waals surface area contributed by atoms with E-state index < -0.39 is 5.82 Å². The first kappa shape index (κ1) is 13.7. The number of hydrogen-bond donors (Lipinski definition) is 1. The van der Waals surface area contributed by atoms with Crippen molar-refractivity contribution in [2.75, 3.05) is 5.32 Å². The Morgan fingerprint density at radius 3 is 2.90 bits per heavy atom. The Morgan fingerprint density at radius 1 is 1.40 bits per heavy atom. The molecule has 0 unspecified atom stereocenters. The first-order valence-corrected chi connectivity index (χ1v) is 7.41. The number of anilines is 1. The van der Waals surface area contributed by atoms with E-state index in [4.69, 9.17) is 11.6 Å². The quantitative estimate of drug-likeness (QED) is 0.745. The van der Waals surface area contributed by atoms with Crippen molar-refractivity contribution in [3.63, 3.8) is 0 Å². The third-order valence-corrected chi connectivity index (χ3v) is 4.15. The summed E-state index contributed by atoms with van der Waals surface area (Å²) in [6.45, 7) is 0.319. The minimum Gasteiger partial charge on any atom is -0.363 e. The molecule has 1 N–H and O–H groups in total. The Bertz CT molecular complexity index is 788. The lowest BCUT2D eigenvalue weighted by Crippen LogP contribution is -2.05. The highest BCUT2D eigenvalue weighted by Gasteiger charge is 2.16. The zero-order chi connectivity index (χ0) is 14.3. The van der Waals surface area contributed by atoms with E-state index in [1.54, 1.807) is 6.07 Å². The summed E-state index contributed by atoms with van der Waals surface area (Å²) < 4.78 is 28.5. The van der Waals surface area contributed by atoms with Crippen LogP contribution < -0.4 is 5.32 Å². The molecule has 0 amide bonds. The van der Waals surface area contributed by atoms with Crippen molar-refractivity contribution in [3.05, 3.63) is 43.9 Å². The van der Waals surface area contributed by atoms with Crippen LogP contribution in [0.15, 0.2) is 22.8 Å². The summed E-state index contributed by atoms with van der Waals surface area (Å²) in [6.07, 6.45) is 1.45. The summed E-state index contributed by atoms with van der Waals surface area (Å²) >= 11 is 9.89. The molecule has 0 saturated carbocycles. The van der Waals surface area contributed by atoms with Gasteiger partial charge in [0, 0.05) is 11.1 Å². The van der Waals surface area contributed by atoms with E-state index in [9.17, 15) is 8.78 Å². The second kappa shape index (κ2) is 5.27. The lowest BCUT2D eigenvalue weighted by molar-refractivity contribution is 0.633. The fourth-order valence-electron chi connectivity index (χ4n) is 1.73. The van der Waals surface area contributed by atoms with Crippen molar-refractivity contribution in [1.29, 1.82) is 0 Å². The average Bonchev–Trinajstić information content (AvgIpc) is 2.92. The van der Waals surface area contributed by atoms with Crippen molar-refractivity contribution in [2.45, 2.75) is 6.54 Å². The molecule has 0 fully saturated rings. The third-order valence-electron chi connectivity index (χ3n) is 2.56. The number of thiophene rings is 1. The van der Waals surface area contributed by atoms with Gasteiger partial charge in [0.05, 0.1) is 11.0 Å². The van der Waals surface area contributed by atoms with Gasteiger partial charge in [-0.3, -0.25) is 0 Å². The van der Waals surface area contributed by atoms with Crippen LogP contribution in [0.2, 0.25) is 5.28 Å². The number of fused-ring (bicyclic) bond motifs is 1. The molecule has 3 aromatic rings. The summed E-state index contributed by atoms with van der Waals surface area (Å²) in [4.78, 5) is 4.73. The predicted molar refractivity (Wildman–Crippen MR) is 77.3 cm³/mol. The van der Waals surface area contributed by atoms with Gasteiger partial charge in [-0.05, 0) is 39.7 Å². The second-order valence-corrected chi connectivity index (χ2v) is 6.18. The van der Waals surface area contributed by atoms with Crippen LogP contribution in [-0.4, -0.2) is 14.6 Å².